The molecule has 9 atom stereocenters. The summed E-state index contributed by atoms with van der Waals surface area (Å²) in [6.45, 7) is 20.3. The molecular formula is C32H50O2S. The first-order valence-corrected chi connectivity index (χ1v) is 16.0. The zero-order valence-electron chi connectivity index (χ0n) is 23.6. The summed E-state index contributed by atoms with van der Waals surface area (Å²) in [4.78, 5) is 1.61. The normalized spacial score (nSPS) is 55.6. The van der Waals surface area contributed by atoms with Gasteiger partial charge in [-0.15, -0.1) is 11.8 Å². The Kier molecular flexibility index (Phi) is 4.84. The van der Waals surface area contributed by atoms with Gasteiger partial charge in [0.15, 0.2) is 0 Å². The number of hydrogen-bond acceptors (Lipinski definition) is 3. The Morgan fingerprint density at radius 3 is 2.37 bits per heavy atom. The third-order valence-electron chi connectivity index (χ3n) is 14.3. The average molecular weight is 499 g/mol. The molecule has 1 saturated heterocycles. The molecule has 0 aromatic carbocycles. The Bertz CT molecular complexity index is 967. The molecule has 0 aromatic heterocycles. The predicted molar refractivity (Wildman–Crippen MR) is 145 cm³/mol. The van der Waals surface area contributed by atoms with Crippen LogP contribution in [0.1, 0.15) is 106 Å². The van der Waals surface area contributed by atoms with Crippen LogP contribution in [-0.2, 0) is 9.47 Å². The predicted octanol–water partition coefficient (Wildman–Crippen LogP) is 8.46. The van der Waals surface area contributed by atoms with Gasteiger partial charge in [-0.2, -0.15) is 0 Å². The van der Waals surface area contributed by atoms with Gasteiger partial charge in [-0.05, 0) is 109 Å². The third-order valence-corrected chi connectivity index (χ3v) is 15.3. The van der Waals surface area contributed by atoms with E-state index < -0.39 is 0 Å². The smallest absolute Gasteiger partial charge is 0.111 e. The highest BCUT2D eigenvalue weighted by Gasteiger charge is 2.72. The van der Waals surface area contributed by atoms with Crippen LogP contribution in [-0.4, -0.2) is 25.1 Å². The molecule has 7 rings (SSSR count). The molecule has 0 amide bonds. The Morgan fingerprint density at radius 1 is 0.800 bits per heavy atom. The molecule has 5 aliphatic carbocycles. The van der Waals surface area contributed by atoms with Crippen LogP contribution in [0.15, 0.2) is 10.7 Å². The van der Waals surface area contributed by atoms with Crippen molar-refractivity contribution >= 4 is 11.8 Å². The number of thioether (sulfide) groups is 1. The minimum atomic E-state index is 0.172. The fourth-order valence-corrected chi connectivity index (χ4v) is 13.7. The van der Waals surface area contributed by atoms with E-state index in [2.05, 4.69) is 60.2 Å². The van der Waals surface area contributed by atoms with E-state index in [-0.39, 0.29) is 5.41 Å². The Morgan fingerprint density at radius 2 is 1.57 bits per heavy atom. The van der Waals surface area contributed by atoms with Crippen molar-refractivity contribution < 1.29 is 9.47 Å². The largest absolute Gasteiger partial charge is 0.496 e. The lowest BCUT2D eigenvalue weighted by Gasteiger charge is -2.73. The van der Waals surface area contributed by atoms with Gasteiger partial charge in [-0.3, -0.25) is 0 Å². The van der Waals surface area contributed by atoms with E-state index >= 15 is 0 Å². The van der Waals surface area contributed by atoms with E-state index in [0.717, 1.165) is 42.6 Å². The highest BCUT2D eigenvalue weighted by molar-refractivity contribution is 8.03. The van der Waals surface area contributed by atoms with Crippen LogP contribution >= 0.6 is 11.8 Å². The summed E-state index contributed by atoms with van der Waals surface area (Å²) in [5.41, 5.74) is 2.31. The SMILES string of the molecule is CC1(C)CC[C@]23CC[C@]4(C)[C@H](CC[C@@H]5[C@@]6(C)CC7=C(OCCS7)C(C)(C)[C@@H]6CC[C@]54C)[C@H]2[C@H]1OC3. The maximum Gasteiger partial charge on any atom is 0.111 e. The van der Waals surface area contributed by atoms with Gasteiger partial charge in [0.05, 0.1) is 19.3 Å². The Balaban J connectivity index is 1.29. The van der Waals surface area contributed by atoms with Crippen LogP contribution in [0.2, 0.25) is 0 Å². The molecule has 2 nitrogen and oxygen atoms in total. The molecule has 4 saturated carbocycles. The minimum absolute atomic E-state index is 0.172. The standard InChI is InChI=1S/C32H50O2S/c1-27(2)12-14-32-15-13-30(6)20(24(32)26(27)34-19-32)8-9-23-29(5)18-21-25(33-16-17-35-21)28(3,4)22(29)10-11-31(23,30)7/h20,22-24,26H,8-19H2,1-7H3/t20-,22+,23-,24+,26-,29+,30-,31-,32-/m1/s1. The Labute approximate surface area is 219 Å². The summed E-state index contributed by atoms with van der Waals surface area (Å²) >= 11 is 2.12. The molecule has 0 N–H and O–H groups in total. The molecule has 0 spiro atoms. The van der Waals surface area contributed by atoms with Crippen LogP contribution in [0, 0.1) is 56.2 Å². The van der Waals surface area contributed by atoms with E-state index in [4.69, 9.17) is 9.47 Å². The third kappa shape index (κ3) is 2.74. The summed E-state index contributed by atoms with van der Waals surface area (Å²) in [7, 11) is 0. The molecule has 0 radical (unpaired) electrons. The van der Waals surface area contributed by atoms with Crippen molar-refractivity contribution in [1.29, 1.82) is 0 Å². The van der Waals surface area contributed by atoms with Crippen LogP contribution < -0.4 is 0 Å². The van der Waals surface area contributed by atoms with Gasteiger partial charge in [0, 0.05) is 16.1 Å². The first-order chi connectivity index (χ1) is 16.4. The lowest BCUT2D eigenvalue weighted by Crippen LogP contribution is -2.67. The lowest BCUT2D eigenvalue weighted by molar-refractivity contribution is -0.236. The second kappa shape index (κ2) is 7.08. The molecule has 196 valence electrons. The summed E-state index contributed by atoms with van der Waals surface area (Å²) < 4.78 is 13.2. The number of hydrogen-bond donors (Lipinski definition) is 0. The molecule has 0 aromatic rings. The van der Waals surface area contributed by atoms with Crippen molar-refractivity contribution in [1.82, 2.24) is 0 Å². The second-order valence-corrected chi connectivity index (χ2v) is 17.3. The molecule has 3 heteroatoms. The van der Waals surface area contributed by atoms with Crippen LogP contribution in [0.25, 0.3) is 0 Å². The lowest BCUT2D eigenvalue weighted by atomic mass is 9.32. The van der Waals surface area contributed by atoms with Crippen molar-refractivity contribution in [3.8, 4) is 0 Å². The van der Waals surface area contributed by atoms with E-state index in [1.54, 1.807) is 4.91 Å². The number of allylic oxidation sites excluding steroid dienone is 2. The molecule has 0 unspecified atom stereocenters. The van der Waals surface area contributed by atoms with Crippen LogP contribution in [0.4, 0.5) is 0 Å². The monoisotopic (exact) mass is 498 g/mol. The Hall–Kier alpha value is -0.150. The van der Waals surface area contributed by atoms with E-state index in [9.17, 15) is 0 Å². The summed E-state index contributed by atoms with van der Waals surface area (Å²) in [6.07, 6.45) is 13.1. The van der Waals surface area contributed by atoms with Gasteiger partial charge in [-0.1, -0.05) is 48.5 Å². The van der Waals surface area contributed by atoms with E-state index in [1.165, 1.54) is 63.5 Å². The molecule has 7 aliphatic rings. The minimum Gasteiger partial charge on any atom is -0.496 e. The summed E-state index contributed by atoms with van der Waals surface area (Å²) in [5, 5.41) is 0. The first kappa shape index (κ1) is 23.9. The zero-order valence-corrected chi connectivity index (χ0v) is 24.4. The van der Waals surface area contributed by atoms with Crippen molar-refractivity contribution in [2.75, 3.05) is 19.0 Å². The fourth-order valence-electron chi connectivity index (χ4n) is 12.4. The van der Waals surface area contributed by atoms with E-state index in [1.807, 2.05) is 0 Å². The van der Waals surface area contributed by atoms with Gasteiger partial charge in [-0.25, -0.2) is 0 Å². The number of ether oxygens (including phenoxy) is 2. The van der Waals surface area contributed by atoms with Crippen LogP contribution in [0.5, 0.6) is 0 Å². The molecule has 2 bridgehead atoms. The summed E-state index contributed by atoms with van der Waals surface area (Å²) in [6, 6.07) is 0. The highest BCUT2D eigenvalue weighted by atomic mass is 32.2. The topological polar surface area (TPSA) is 18.5 Å². The quantitative estimate of drug-likeness (QED) is 0.334. The molecule has 5 fully saturated rings. The molecule has 2 aliphatic heterocycles. The van der Waals surface area contributed by atoms with Gasteiger partial charge in [0.25, 0.3) is 0 Å². The van der Waals surface area contributed by atoms with Crippen molar-refractivity contribution in [3.05, 3.63) is 10.7 Å². The molecular weight excluding hydrogens is 448 g/mol. The van der Waals surface area contributed by atoms with Gasteiger partial charge in [0.1, 0.15) is 5.76 Å². The maximum absolute atomic E-state index is 6.76. The first-order valence-electron chi connectivity index (χ1n) is 15.0. The number of rotatable bonds is 0. The van der Waals surface area contributed by atoms with Crippen molar-refractivity contribution in [2.45, 2.75) is 112 Å². The fraction of sp³-hybridized carbons (Fsp3) is 0.938. The zero-order chi connectivity index (χ0) is 24.6. The van der Waals surface area contributed by atoms with Gasteiger partial charge < -0.3 is 9.47 Å². The van der Waals surface area contributed by atoms with Crippen molar-refractivity contribution in [3.63, 3.8) is 0 Å². The molecule has 35 heavy (non-hydrogen) atoms. The highest BCUT2D eigenvalue weighted by Crippen LogP contribution is 2.78. The van der Waals surface area contributed by atoms with Gasteiger partial charge in [0.2, 0.25) is 0 Å². The second-order valence-electron chi connectivity index (χ2n) is 16.1. The van der Waals surface area contributed by atoms with Gasteiger partial charge >= 0.3 is 0 Å². The average Bonchev–Trinajstić information content (AvgIpc) is 3.13. The number of fused-ring (bicyclic) bond motifs is 5. The maximum atomic E-state index is 6.76. The van der Waals surface area contributed by atoms with Crippen LogP contribution in [0.3, 0.4) is 0 Å². The summed E-state index contributed by atoms with van der Waals surface area (Å²) in [5.74, 6) is 5.73. The molecule has 2 heterocycles. The van der Waals surface area contributed by atoms with Crippen molar-refractivity contribution in [2.24, 2.45) is 56.2 Å². The van der Waals surface area contributed by atoms with E-state index in [0.29, 0.717) is 33.2 Å².